The van der Waals surface area contributed by atoms with Crippen molar-refractivity contribution < 1.29 is 9.59 Å². The molecule has 0 spiro atoms. The summed E-state index contributed by atoms with van der Waals surface area (Å²) in [6, 6.07) is 11.1. The van der Waals surface area contributed by atoms with E-state index in [0.29, 0.717) is 18.1 Å². The molecule has 3 aliphatic rings. The molecule has 9 nitrogen and oxygen atoms in total. The van der Waals surface area contributed by atoms with Gasteiger partial charge in [0.2, 0.25) is 5.91 Å². The highest BCUT2D eigenvalue weighted by molar-refractivity contribution is 5.92. The number of carbonyl (C=O) groups excluding carboxylic acids is 2. The third-order valence-corrected chi connectivity index (χ3v) is 8.50. The molecule has 0 saturated carbocycles. The molecule has 2 aromatic rings. The first-order chi connectivity index (χ1) is 19.0. The molecule has 2 amide bonds. The Hall–Kier alpha value is -3.04. The Kier molecular flexibility index (Phi) is 9.42. The maximum atomic E-state index is 13.2. The molecule has 2 fully saturated rings. The SMILES string of the molecule is CC(=O)N1CCC(Nc2cc(C(=O)NC[C@@H](CN3CCCc4ccccc4C3)N3CCCCC3)ncn2)CC1. The molecule has 3 aliphatic heterocycles. The van der Waals surface area contributed by atoms with E-state index in [-0.39, 0.29) is 23.9 Å². The lowest BCUT2D eigenvalue weighted by atomic mass is 10.0. The lowest BCUT2D eigenvalue weighted by Gasteiger charge is -2.37. The van der Waals surface area contributed by atoms with E-state index in [4.69, 9.17) is 0 Å². The highest BCUT2D eigenvalue weighted by atomic mass is 16.2. The number of hydrogen-bond acceptors (Lipinski definition) is 7. The molecule has 39 heavy (non-hydrogen) atoms. The van der Waals surface area contributed by atoms with Crippen molar-refractivity contribution in [3.8, 4) is 0 Å². The van der Waals surface area contributed by atoms with Crippen LogP contribution in [0.4, 0.5) is 5.82 Å². The molecule has 0 unspecified atom stereocenters. The summed E-state index contributed by atoms with van der Waals surface area (Å²) in [6.07, 6.45) is 9.22. The van der Waals surface area contributed by atoms with Gasteiger partial charge in [-0.05, 0) is 69.3 Å². The van der Waals surface area contributed by atoms with Crippen LogP contribution >= 0.6 is 0 Å². The summed E-state index contributed by atoms with van der Waals surface area (Å²) in [4.78, 5) is 40.4. The van der Waals surface area contributed by atoms with E-state index in [1.165, 1.54) is 43.1 Å². The van der Waals surface area contributed by atoms with Gasteiger partial charge in [-0.15, -0.1) is 0 Å². The van der Waals surface area contributed by atoms with Crippen LogP contribution in [0.3, 0.4) is 0 Å². The topological polar surface area (TPSA) is 93.7 Å². The van der Waals surface area contributed by atoms with Gasteiger partial charge in [-0.1, -0.05) is 30.7 Å². The van der Waals surface area contributed by atoms with Gasteiger partial charge in [0.25, 0.3) is 5.91 Å². The maximum Gasteiger partial charge on any atom is 0.270 e. The van der Waals surface area contributed by atoms with Crippen LogP contribution in [-0.4, -0.2) is 94.4 Å². The number of amides is 2. The average molecular weight is 534 g/mol. The van der Waals surface area contributed by atoms with Gasteiger partial charge in [0.15, 0.2) is 0 Å². The number of hydrogen-bond donors (Lipinski definition) is 2. The van der Waals surface area contributed by atoms with Crippen molar-refractivity contribution >= 4 is 17.6 Å². The lowest BCUT2D eigenvalue weighted by molar-refractivity contribution is -0.129. The number of benzene rings is 1. The maximum absolute atomic E-state index is 13.2. The Morgan fingerprint density at radius 1 is 0.974 bits per heavy atom. The van der Waals surface area contributed by atoms with Gasteiger partial charge in [0.05, 0.1) is 0 Å². The van der Waals surface area contributed by atoms with Crippen molar-refractivity contribution in [3.63, 3.8) is 0 Å². The third-order valence-electron chi connectivity index (χ3n) is 8.50. The molecular formula is C30H43N7O2. The predicted molar refractivity (Wildman–Crippen MR) is 153 cm³/mol. The summed E-state index contributed by atoms with van der Waals surface area (Å²) < 4.78 is 0. The average Bonchev–Trinajstić information content (AvgIpc) is 3.18. The fourth-order valence-corrected chi connectivity index (χ4v) is 6.22. The molecule has 0 aliphatic carbocycles. The van der Waals surface area contributed by atoms with E-state index in [1.54, 1.807) is 13.0 Å². The van der Waals surface area contributed by atoms with Crippen LogP contribution in [0.5, 0.6) is 0 Å². The van der Waals surface area contributed by atoms with Crippen molar-refractivity contribution in [1.82, 2.24) is 30.0 Å². The molecule has 0 bridgehead atoms. The normalized spacial score (nSPS) is 20.1. The number of fused-ring (bicyclic) bond motifs is 1. The Morgan fingerprint density at radius 2 is 1.74 bits per heavy atom. The summed E-state index contributed by atoms with van der Waals surface area (Å²) in [6.45, 7) is 8.89. The number of aromatic nitrogens is 2. The van der Waals surface area contributed by atoms with Gasteiger partial charge in [0, 0.05) is 57.8 Å². The molecular weight excluding hydrogens is 490 g/mol. The summed E-state index contributed by atoms with van der Waals surface area (Å²) >= 11 is 0. The summed E-state index contributed by atoms with van der Waals surface area (Å²) in [5.41, 5.74) is 3.29. The molecule has 9 heteroatoms. The van der Waals surface area contributed by atoms with Crippen LogP contribution in [0.2, 0.25) is 0 Å². The number of rotatable bonds is 8. The predicted octanol–water partition coefficient (Wildman–Crippen LogP) is 2.93. The quantitative estimate of drug-likeness (QED) is 0.539. The van der Waals surface area contributed by atoms with Crippen molar-refractivity contribution in [2.75, 3.05) is 51.1 Å². The van der Waals surface area contributed by atoms with E-state index < -0.39 is 0 Å². The largest absolute Gasteiger partial charge is 0.367 e. The van der Waals surface area contributed by atoms with Crippen molar-refractivity contribution in [3.05, 3.63) is 53.5 Å². The summed E-state index contributed by atoms with van der Waals surface area (Å²) in [5, 5.41) is 6.64. The van der Waals surface area contributed by atoms with E-state index in [1.807, 2.05) is 4.90 Å². The van der Waals surface area contributed by atoms with Gasteiger partial charge in [-0.2, -0.15) is 0 Å². The minimum atomic E-state index is -0.157. The highest BCUT2D eigenvalue weighted by Crippen LogP contribution is 2.21. The van der Waals surface area contributed by atoms with Crippen LogP contribution in [0.15, 0.2) is 36.7 Å². The van der Waals surface area contributed by atoms with Crippen molar-refractivity contribution in [2.24, 2.45) is 0 Å². The molecule has 2 saturated heterocycles. The van der Waals surface area contributed by atoms with Crippen LogP contribution < -0.4 is 10.6 Å². The second-order valence-corrected chi connectivity index (χ2v) is 11.3. The number of anilines is 1. The first kappa shape index (κ1) is 27.5. The third kappa shape index (κ3) is 7.54. The van der Waals surface area contributed by atoms with E-state index in [2.05, 4.69) is 54.7 Å². The van der Waals surface area contributed by atoms with E-state index in [0.717, 1.165) is 65.1 Å². The van der Waals surface area contributed by atoms with Crippen molar-refractivity contribution in [2.45, 2.75) is 70.5 Å². The zero-order chi connectivity index (χ0) is 27.0. The highest BCUT2D eigenvalue weighted by Gasteiger charge is 2.26. The second-order valence-electron chi connectivity index (χ2n) is 11.3. The number of aryl methyl sites for hydroxylation is 1. The van der Waals surface area contributed by atoms with Gasteiger partial charge in [-0.25, -0.2) is 9.97 Å². The summed E-state index contributed by atoms with van der Waals surface area (Å²) in [7, 11) is 0. The number of likely N-dealkylation sites (tertiary alicyclic amines) is 2. The smallest absolute Gasteiger partial charge is 0.270 e. The van der Waals surface area contributed by atoms with Gasteiger partial charge >= 0.3 is 0 Å². The Labute approximate surface area is 232 Å². The number of piperidine rings is 2. The Balaban J connectivity index is 1.19. The van der Waals surface area contributed by atoms with Gasteiger partial charge < -0.3 is 15.5 Å². The zero-order valence-corrected chi connectivity index (χ0v) is 23.3. The minimum Gasteiger partial charge on any atom is -0.367 e. The monoisotopic (exact) mass is 533 g/mol. The molecule has 1 atom stereocenters. The van der Waals surface area contributed by atoms with E-state index in [9.17, 15) is 9.59 Å². The fourth-order valence-electron chi connectivity index (χ4n) is 6.22. The molecule has 5 rings (SSSR count). The zero-order valence-electron chi connectivity index (χ0n) is 23.3. The molecule has 210 valence electrons. The minimum absolute atomic E-state index is 0.123. The molecule has 1 aromatic carbocycles. The van der Waals surface area contributed by atoms with Crippen molar-refractivity contribution in [1.29, 1.82) is 0 Å². The molecule has 0 radical (unpaired) electrons. The first-order valence-electron chi connectivity index (χ1n) is 14.7. The van der Waals surface area contributed by atoms with Crippen LogP contribution in [0.25, 0.3) is 0 Å². The number of nitrogens with zero attached hydrogens (tertiary/aromatic N) is 5. The van der Waals surface area contributed by atoms with Crippen LogP contribution in [0, 0.1) is 0 Å². The Morgan fingerprint density at radius 3 is 2.51 bits per heavy atom. The molecule has 1 aromatic heterocycles. The summed E-state index contributed by atoms with van der Waals surface area (Å²) in [5.74, 6) is 0.625. The fraction of sp³-hybridized carbons (Fsp3) is 0.600. The first-order valence-corrected chi connectivity index (χ1v) is 14.7. The van der Waals surface area contributed by atoms with Crippen LogP contribution in [-0.2, 0) is 17.8 Å². The second kappa shape index (κ2) is 13.3. The Bertz CT molecular complexity index is 1110. The standard InChI is InChI=1S/C30H43N7O2/c1-23(38)36-16-11-26(12-17-36)34-29-18-28(32-22-33-29)30(39)31-19-27(37-14-5-2-6-15-37)21-35-13-7-10-24-8-3-4-9-25(24)20-35/h3-4,8-9,18,22,26-27H,2,5-7,10-17,19-21H2,1H3,(H,31,39)(H,32,33,34)/t27-/m0/s1. The van der Waals surface area contributed by atoms with Gasteiger partial charge in [-0.3, -0.25) is 19.4 Å². The molecule has 4 heterocycles. The lowest BCUT2D eigenvalue weighted by Crippen LogP contribution is -2.51. The number of carbonyl (C=O) groups is 2. The van der Waals surface area contributed by atoms with Crippen LogP contribution in [0.1, 0.15) is 67.1 Å². The van der Waals surface area contributed by atoms with Gasteiger partial charge in [0.1, 0.15) is 17.8 Å². The van der Waals surface area contributed by atoms with E-state index >= 15 is 0 Å². The molecule has 2 N–H and O–H groups in total. The number of nitrogens with one attached hydrogen (secondary N) is 2.